The molecule has 1 N–H and O–H groups in total. The smallest absolute Gasteiger partial charge is 0.175 e. The molecule has 0 aliphatic carbocycles. The van der Waals surface area contributed by atoms with Gasteiger partial charge in [0.15, 0.2) is 11.5 Å². The van der Waals surface area contributed by atoms with Gasteiger partial charge in [0.1, 0.15) is 0 Å². The van der Waals surface area contributed by atoms with E-state index in [9.17, 15) is 0 Å². The number of ether oxygens (including phenoxy) is 2. The molecular weight excluding hydrogens is 318 g/mol. The van der Waals surface area contributed by atoms with Crippen molar-refractivity contribution in [3.05, 3.63) is 28.2 Å². The summed E-state index contributed by atoms with van der Waals surface area (Å²) in [6, 6.07) is 4.47. The van der Waals surface area contributed by atoms with Gasteiger partial charge in [0.2, 0.25) is 0 Å². The molecule has 0 saturated heterocycles. The first-order chi connectivity index (χ1) is 9.70. The highest BCUT2D eigenvalue weighted by Gasteiger charge is 2.14. The standard InChI is InChI=1S/C16H22BrNO2/c1-3-7-18-12(2)5-6-13-10-14(17)16-15(11-13)19-8-4-9-20-16/h5-6,10-12,18H,3-4,7-9H2,1-2H3/b6-5+. The van der Waals surface area contributed by atoms with E-state index in [-0.39, 0.29) is 0 Å². The average molecular weight is 340 g/mol. The molecule has 0 aromatic heterocycles. The van der Waals surface area contributed by atoms with Crippen LogP contribution >= 0.6 is 15.9 Å². The number of fused-ring (bicyclic) bond motifs is 1. The fourth-order valence-electron chi connectivity index (χ4n) is 2.04. The van der Waals surface area contributed by atoms with E-state index in [1.165, 1.54) is 0 Å². The second kappa shape index (κ2) is 7.70. The van der Waals surface area contributed by atoms with Crippen LogP contribution < -0.4 is 14.8 Å². The van der Waals surface area contributed by atoms with Gasteiger partial charge in [-0.2, -0.15) is 0 Å². The van der Waals surface area contributed by atoms with Gasteiger partial charge in [-0.05, 0) is 53.5 Å². The fourth-order valence-corrected chi connectivity index (χ4v) is 2.62. The van der Waals surface area contributed by atoms with E-state index in [1.807, 2.05) is 6.07 Å². The molecule has 2 rings (SSSR count). The monoisotopic (exact) mass is 339 g/mol. The first-order valence-corrected chi connectivity index (χ1v) is 8.00. The first kappa shape index (κ1) is 15.4. The van der Waals surface area contributed by atoms with Crippen molar-refractivity contribution in [3.8, 4) is 11.5 Å². The van der Waals surface area contributed by atoms with E-state index in [2.05, 4.69) is 53.3 Å². The number of rotatable bonds is 5. The molecule has 0 radical (unpaired) electrons. The predicted molar refractivity (Wildman–Crippen MR) is 86.5 cm³/mol. The van der Waals surface area contributed by atoms with Crippen molar-refractivity contribution >= 4 is 22.0 Å². The quantitative estimate of drug-likeness (QED) is 0.878. The largest absolute Gasteiger partial charge is 0.489 e. The van der Waals surface area contributed by atoms with Crippen LogP contribution in [0.5, 0.6) is 11.5 Å². The summed E-state index contributed by atoms with van der Waals surface area (Å²) in [5.41, 5.74) is 1.12. The van der Waals surface area contributed by atoms with Crippen LogP contribution in [-0.2, 0) is 0 Å². The number of hydrogen-bond donors (Lipinski definition) is 1. The maximum absolute atomic E-state index is 5.74. The minimum Gasteiger partial charge on any atom is -0.489 e. The minimum atomic E-state index is 0.365. The van der Waals surface area contributed by atoms with Crippen LogP contribution in [0.4, 0.5) is 0 Å². The normalized spacial score (nSPS) is 16.1. The van der Waals surface area contributed by atoms with E-state index in [4.69, 9.17) is 9.47 Å². The Morgan fingerprint density at radius 3 is 2.95 bits per heavy atom. The number of hydrogen-bond acceptors (Lipinski definition) is 3. The van der Waals surface area contributed by atoms with Gasteiger partial charge in [0, 0.05) is 12.5 Å². The minimum absolute atomic E-state index is 0.365. The Labute approximate surface area is 129 Å². The summed E-state index contributed by atoms with van der Waals surface area (Å²) in [6.07, 6.45) is 6.35. The molecule has 1 atom stereocenters. The summed E-state index contributed by atoms with van der Waals surface area (Å²) >= 11 is 3.56. The Kier molecular flexibility index (Phi) is 5.92. The van der Waals surface area contributed by atoms with E-state index in [0.717, 1.165) is 40.9 Å². The molecule has 0 saturated carbocycles. The van der Waals surface area contributed by atoms with Crippen molar-refractivity contribution in [2.24, 2.45) is 0 Å². The third-order valence-electron chi connectivity index (χ3n) is 3.12. The summed E-state index contributed by atoms with van der Waals surface area (Å²) in [6.45, 7) is 6.78. The molecule has 110 valence electrons. The van der Waals surface area contributed by atoms with E-state index in [0.29, 0.717) is 19.3 Å². The molecule has 1 unspecified atom stereocenters. The number of nitrogens with one attached hydrogen (secondary N) is 1. The Morgan fingerprint density at radius 1 is 1.35 bits per heavy atom. The Morgan fingerprint density at radius 2 is 2.15 bits per heavy atom. The van der Waals surface area contributed by atoms with Crippen molar-refractivity contribution in [1.82, 2.24) is 5.32 Å². The van der Waals surface area contributed by atoms with Gasteiger partial charge in [-0.3, -0.25) is 0 Å². The van der Waals surface area contributed by atoms with Crippen LogP contribution in [0.25, 0.3) is 6.08 Å². The van der Waals surface area contributed by atoms with Gasteiger partial charge < -0.3 is 14.8 Å². The summed E-state index contributed by atoms with van der Waals surface area (Å²) in [7, 11) is 0. The molecule has 1 aliphatic rings. The van der Waals surface area contributed by atoms with Gasteiger partial charge in [-0.25, -0.2) is 0 Å². The summed E-state index contributed by atoms with van der Waals surface area (Å²) < 4.78 is 12.4. The summed E-state index contributed by atoms with van der Waals surface area (Å²) in [5, 5.41) is 3.44. The van der Waals surface area contributed by atoms with Crippen LogP contribution in [0.15, 0.2) is 22.7 Å². The van der Waals surface area contributed by atoms with E-state index in [1.54, 1.807) is 0 Å². The molecule has 0 spiro atoms. The Hall–Kier alpha value is -1.00. The van der Waals surface area contributed by atoms with Crippen molar-refractivity contribution in [2.45, 2.75) is 32.7 Å². The molecule has 0 bridgehead atoms. The van der Waals surface area contributed by atoms with Gasteiger partial charge in [-0.1, -0.05) is 19.1 Å². The molecule has 20 heavy (non-hydrogen) atoms. The van der Waals surface area contributed by atoms with E-state index >= 15 is 0 Å². The summed E-state index contributed by atoms with van der Waals surface area (Å²) in [5.74, 6) is 1.64. The van der Waals surface area contributed by atoms with Crippen LogP contribution in [0.1, 0.15) is 32.3 Å². The molecule has 1 heterocycles. The highest BCUT2D eigenvalue weighted by molar-refractivity contribution is 9.10. The highest BCUT2D eigenvalue weighted by atomic mass is 79.9. The second-order valence-electron chi connectivity index (χ2n) is 4.98. The van der Waals surface area contributed by atoms with Crippen molar-refractivity contribution in [3.63, 3.8) is 0 Å². The fraction of sp³-hybridized carbons (Fsp3) is 0.500. The molecular formula is C16H22BrNO2. The van der Waals surface area contributed by atoms with Crippen molar-refractivity contribution in [1.29, 1.82) is 0 Å². The van der Waals surface area contributed by atoms with Crippen LogP contribution in [0.2, 0.25) is 0 Å². The zero-order valence-electron chi connectivity index (χ0n) is 12.1. The molecule has 4 heteroatoms. The van der Waals surface area contributed by atoms with Gasteiger partial charge in [0.05, 0.1) is 17.7 Å². The first-order valence-electron chi connectivity index (χ1n) is 7.21. The third-order valence-corrected chi connectivity index (χ3v) is 3.71. The molecule has 0 amide bonds. The predicted octanol–water partition coefficient (Wildman–Crippen LogP) is 4.01. The van der Waals surface area contributed by atoms with Crippen LogP contribution in [0, 0.1) is 0 Å². The van der Waals surface area contributed by atoms with Gasteiger partial charge in [-0.15, -0.1) is 0 Å². The number of benzene rings is 1. The van der Waals surface area contributed by atoms with Crippen molar-refractivity contribution in [2.75, 3.05) is 19.8 Å². The molecule has 0 fully saturated rings. The Balaban J connectivity index is 2.11. The topological polar surface area (TPSA) is 30.5 Å². The lowest BCUT2D eigenvalue weighted by atomic mass is 10.1. The third kappa shape index (κ3) is 4.25. The molecule has 3 nitrogen and oxygen atoms in total. The van der Waals surface area contributed by atoms with Crippen LogP contribution in [-0.4, -0.2) is 25.8 Å². The van der Waals surface area contributed by atoms with Crippen molar-refractivity contribution < 1.29 is 9.47 Å². The maximum atomic E-state index is 5.74. The zero-order valence-corrected chi connectivity index (χ0v) is 13.7. The summed E-state index contributed by atoms with van der Waals surface area (Å²) in [4.78, 5) is 0. The molecule has 1 aromatic carbocycles. The highest BCUT2D eigenvalue weighted by Crippen LogP contribution is 2.38. The van der Waals surface area contributed by atoms with E-state index < -0.39 is 0 Å². The molecule has 1 aliphatic heterocycles. The lowest BCUT2D eigenvalue weighted by Gasteiger charge is -2.11. The van der Waals surface area contributed by atoms with Gasteiger partial charge >= 0.3 is 0 Å². The zero-order chi connectivity index (χ0) is 14.4. The average Bonchev–Trinajstić information content (AvgIpc) is 2.68. The lowest BCUT2D eigenvalue weighted by Crippen LogP contribution is -2.24. The molecule has 1 aromatic rings. The number of halogens is 1. The second-order valence-corrected chi connectivity index (χ2v) is 5.84. The SMILES string of the molecule is CCCNC(C)/C=C/c1cc(Br)c2c(c1)OCCCO2. The Bertz CT molecular complexity index is 474. The maximum Gasteiger partial charge on any atom is 0.175 e. The van der Waals surface area contributed by atoms with Gasteiger partial charge in [0.25, 0.3) is 0 Å². The lowest BCUT2D eigenvalue weighted by molar-refractivity contribution is 0.296. The van der Waals surface area contributed by atoms with Crippen LogP contribution in [0.3, 0.4) is 0 Å².